The van der Waals surface area contributed by atoms with Gasteiger partial charge in [0.1, 0.15) is 11.6 Å². The lowest BCUT2D eigenvalue weighted by molar-refractivity contribution is -0.132. The van der Waals surface area contributed by atoms with Crippen molar-refractivity contribution in [3.63, 3.8) is 0 Å². The van der Waals surface area contributed by atoms with Crippen molar-refractivity contribution in [1.82, 2.24) is 25.2 Å². The van der Waals surface area contributed by atoms with E-state index in [2.05, 4.69) is 25.6 Å². The van der Waals surface area contributed by atoms with Gasteiger partial charge in [0, 0.05) is 5.69 Å². The summed E-state index contributed by atoms with van der Waals surface area (Å²) < 4.78 is 18.3. The number of anilines is 3. The average molecular weight is 397 g/mol. The number of nitrogens with zero attached hydrogens (tertiary/aromatic N) is 4. The summed E-state index contributed by atoms with van der Waals surface area (Å²) in [5, 5.41) is 5.49. The maximum atomic E-state index is 13.0. The molecular formula is C18H16FN7O3. The van der Waals surface area contributed by atoms with Gasteiger partial charge in [-0.05, 0) is 43.3 Å². The third-order valence-electron chi connectivity index (χ3n) is 4.39. The Labute approximate surface area is 164 Å². The van der Waals surface area contributed by atoms with Crippen LogP contribution in [0.25, 0.3) is 0 Å². The van der Waals surface area contributed by atoms with Gasteiger partial charge in [-0.15, -0.1) is 0 Å². The van der Waals surface area contributed by atoms with Crippen LogP contribution >= 0.6 is 0 Å². The molecule has 1 saturated heterocycles. The summed E-state index contributed by atoms with van der Waals surface area (Å²) in [4.78, 5) is 38.4. The highest BCUT2D eigenvalue weighted by molar-refractivity contribution is 6.06. The first kappa shape index (κ1) is 18.3. The quantitative estimate of drug-likeness (QED) is 0.555. The van der Waals surface area contributed by atoms with Crippen LogP contribution in [0.5, 0.6) is 0 Å². The van der Waals surface area contributed by atoms with Crippen molar-refractivity contribution in [3.8, 4) is 0 Å². The monoisotopic (exact) mass is 397 g/mol. The fourth-order valence-corrected chi connectivity index (χ4v) is 2.94. The topological polar surface area (TPSA) is 139 Å². The molecule has 1 aliphatic rings. The van der Waals surface area contributed by atoms with Crippen LogP contribution in [0.2, 0.25) is 0 Å². The van der Waals surface area contributed by atoms with E-state index in [1.54, 1.807) is 19.1 Å². The number of rotatable bonds is 5. The van der Waals surface area contributed by atoms with E-state index >= 15 is 0 Å². The molecule has 0 radical (unpaired) electrons. The Morgan fingerprint density at radius 1 is 1.21 bits per heavy atom. The second-order valence-corrected chi connectivity index (χ2v) is 6.49. The summed E-state index contributed by atoms with van der Waals surface area (Å²) in [6.45, 7) is 1.33. The van der Waals surface area contributed by atoms with E-state index in [0.717, 1.165) is 4.90 Å². The van der Waals surface area contributed by atoms with Gasteiger partial charge < -0.3 is 20.8 Å². The fourth-order valence-electron chi connectivity index (χ4n) is 2.94. The van der Waals surface area contributed by atoms with Gasteiger partial charge in [-0.2, -0.15) is 15.0 Å². The molecule has 0 aliphatic carbocycles. The van der Waals surface area contributed by atoms with Crippen molar-refractivity contribution in [3.05, 3.63) is 60.1 Å². The third kappa shape index (κ3) is 3.45. The molecule has 10 nitrogen and oxygen atoms in total. The number of aromatic nitrogens is 3. The number of amides is 3. The lowest BCUT2D eigenvalue weighted by Crippen LogP contribution is -2.40. The zero-order valence-electron chi connectivity index (χ0n) is 15.2. The van der Waals surface area contributed by atoms with Crippen molar-refractivity contribution >= 4 is 29.5 Å². The van der Waals surface area contributed by atoms with E-state index in [0.29, 0.717) is 11.4 Å². The highest BCUT2D eigenvalue weighted by Gasteiger charge is 2.51. The Morgan fingerprint density at radius 2 is 1.97 bits per heavy atom. The number of halogens is 1. The number of carbonyl (C=O) groups excluding carboxylic acids is 2. The van der Waals surface area contributed by atoms with Crippen LogP contribution in [0, 0.1) is 5.82 Å². The van der Waals surface area contributed by atoms with Crippen LogP contribution < -0.4 is 16.4 Å². The lowest BCUT2D eigenvalue weighted by Gasteiger charge is -2.18. The Morgan fingerprint density at radius 3 is 2.66 bits per heavy atom. The van der Waals surface area contributed by atoms with Crippen LogP contribution in [0.15, 0.2) is 47.1 Å². The predicted molar refractivity (Wildman–Crippen MR) is 99.1 cm³/mol. The minimum absolute atomic E-state index is 0.0968. The van der Waals surface area contributed by atoms with Gasteiger partial charge in [-0.1, -0.05) is 0 Å². The number of nitrogens with one attached hydrogen (secondary N) is 2. The van der Waals surface area contributed by atoms with Crippen LogP contribution in [-0.2, 0) is 16.9 Å². The maximum absolute atomic E-state index is 13.0. The van der Waals surface area contributed by atoms with E-state index in [-0.39, 0.29) is 30.1 Å². The molecule has 0 unspecified atom stereocenters. The van der Waals surface area contributed by atoms with Gasteiger partial charge in [0.05, 0.1) is 12.8 Å². The molecule has 3 aromatic rings. The molecule has 1 aliphatic heterocycles. The first-order valence-corrected chi connectivity index (χ1v) is 8.56. The number of nitrogen functional groups attached to an aromatic ring is 1. The molecule has 3 amide bonds. The average Bonchev–Trinajstić information content (AvgIpc) is 3.28. The van der Waals surface area contributed by atoms with Gasteiger partial charge >= 0.3 is 6.03 Å². The molecule has 3 heterocycles. The van der Waals surface area contributed by atoms with Gasteiger partial charge in [-0.25, -0.2) is 9.18 Å². The number of imide groups is 1. The summed E-state index contributed by atoms with van der Waals surface area (Å²) >= 11 is 0. The number of benzene rings is 1. The molecule has 1 fully saturated rings. The minimum atomic E-state index is -1.33. The number of hydrogen-bond donors (Lipinski definition) is 3. The van der Waals surface area contributed by atoms with Gasteiger partial charge in [-0.3, -0.25) is 9.69 Å². The van der Waals surface area contributed by atoms with Crippen LogP contribution in [0.4, 0.5) is 26.8 Å². The summed E-state index contributed by atoms with van der Waals surface area (Å²) in [6.07, 6.45) is 1.42. The standard InChI is InChI=1S/C18H16FN7O3/c1-18(12-3-2-8-29-12)14(27)26(17(28)25-18)9-13-22-15(20)24-16(23-13)21-11-6-4-10(19)5-7-11/h2-8H,9H2,1H3,(H,25,28)(H3,20,21,22,23,24)/t18-/m0/s1. The van der Waals surface area contributed by atoms with Gasteiger partial charge in [0.15, 0.2) is 11.4 Å². The van der Waals surface area contributed by atoms with Crippen molar-refractivity contribution in [2.75, 3.05) is 11.1 Å². The Kier molecular flexibility index (Phi) is 4.34. The molecule has 0 spiro atoms. The normalized spacial score (nSPS) is 18.8. The van der Waals surface area contributed by atoms with E-state index < -0.39 is 17.5 Å². The first-order valence-electron chi connectivity index (χ1n) is 8.56. The van der Waals surface area contributed by atoms with E-state index in [9.17, 15) is 14.0 Å². The molecule has 2 aromatic heterocycles. The van der Waals surface area contributed by atoms with E-state index in [4.69, 9.17) is 10.2 Å². The number of hydrogen-bond acceptors (Lipinski definition) is 8. The fraction of sp³-hybridized carbons (Fsp3) is 0.167. The van der Waals surface area contributed by atoms with E-state index in [1.165, 1.54) is 30.5 Å². The summed E-state index contributed by atoms with van der Waals surface area (Å²) in [5.41, 5.74) is 4.94. The molecular weight excluding hydrogens is 381 g/mol. The molecule has 29 heavy (non-hydrogen) atoms. The van der Waals surface area contributed by atoms with Gasteiger partial charge in [0.2, 0.25) is 11.9 Å². The zero-order valence-corrected chi connectivity index (χ0v) is 15.2. The van der Waals surface area contributed by atoms with Crippen LogP contribution in [0.3, 0.4) is 0 Å². The van der Waals surface area contributed by atoms with Crippen molar-refractivity contribution < 1.29 is 18.4 Å². The smallest absolute Gasteiger partial charge is 0.325 e. The van der Waals surface area contributed by atoms with E-state index in [1.807, 2.05) is 0 Å². The minimum Gasteiger partial charge on any atom is -0.466 e. The first-order chi connectivity index (χ1) is 13.8. The number of furan rings is 1. The summed E-state index contributed by atoms with van der Waals surface area (Å²) in [5.74, 6) is -0.476. The summed E-state index contributed by atoms with van der Waals surface area (Å²) in [7, 11) is 0. The SMILES string of the molecule is C[C@@]1(c2ccco2)NC(=O)N(Cc2nc(N)nc(Nc3ccc(F)cc3)n2)C1=O. The molecule has 1 aromatic carbocycles. The third-order valence-corrected chi connectivity index (χ3v) is 4.39. The Bertz CT molecular complexity index is 1070. The molecule has 4 rings (SSSR count). The number of carbonyl (C=O) groups is 2. The highest BCUT2D eigenvalue weighted by atomic mass is 19.1. The largest absolute Gasteiger partial charge is 0.466 e. The zero-order chi connectivity index (χ0) is 20.6. The van der Waals surface area contributed by atoms with Crippen molar-refractivity contribution in [1.29, 1.82) is 0 Å². The molecule has 148 valence electrons. The second-order valence-electron chi connectivity index (χ2n) is 6.49. The molecule has 0 bridgehead atoms. The van der Waals surface area contributed by atoms with Crippen LogP contribution in [-0.4, -0.2) is 31.8 Å². The maximum Gasteiger partial charge on any atom is 0.325 e. The Hall–Kier alpha value is -4.02. The molecule has 4 N–H and O–H groups in total. The summed E-state index contributed by atoms with van der Waals surface area (Å²) in [6, 6.07) is 8.17. The van der Waals surface area contributed by atoms with Crippen molar-refractivity contribution in [2.45, 2.75) is 19.0 Å². The molecule has 1 atom stereocenters. The lowest BCUT2D eigenvalue weighted by atomic mass is 9.99. The van der Waals surface area contributed by atoms with Gasteiger partial charge in [0.25, 0.3) is 5.91 Å². The second kappa shape index (κ2) is 6.86. The van der Waals surface area contributed by atoms with Crippen molar-refractivity contribution in [2.24, 2.45) is 0 Å². The number of urea groups is 1. The number of nitrogens with two attached hydrogens (primary N) is 1. The Balaban J connectivity index is 1.56. The molecule has 11 heteroatoms. The predicted octanol–water partition coefficient (Wildman–Crippen LogP) is 1.90. The van der Waals surface area contributed by atoms with Crippen LogP contribution in [0.1, 0.15) is 18.5 Å². The highest BCUT2D eigenvalue weighted by Crippen LogP contribution is 2.29. The molecule has 0 saturated carbocycles.